The smallest absolute Gasteiger partial charge is 0.131 e. The number of rotatable bonds is 3. The van der Waals surface area contributed by atoms with E-state index in [-0.39, 0.29) is 5.82 Å². The molecule has 0 aliphatic heterocycles. The summed E-state index contributed by atoms with van der Waals surface area (Å²) in [6.45, 7) is 0. The number of hydrogen-bond donors (Lipinski definition) is 1. The zero-order valence-electron chi connectivity index (χ0n) is 9.82. The van der Waals surface area contributed by atoms with Crippen LogP contribution in [0.3, 0.4) is 0 Å². The molecule has 4 heteroatoms. The lowest BCUT2D eigenvalue weighted by molar-refractivity contribution is 0.625. The molecular formula is C14H12ClFN2. The van der Waals surface area contributed by atoms with Crippen molar-refractivity contribution in [2.24, 2.45) is 0 Å². The van der Waals surface area contributed by atoms with Crippen molar-refractivity contribution in [3.8, 4) is 0 Å². The first-order chi connectivity index (χ1) is 8.70. The van der Waals surface area contributed by atoms with Crippen molar-refractivity contribution >= 4 is 29.6 Å². The number of nitrogens with one attached hydrogen (secondary N) is 1. The third kappa shape index (κ3) is 2.87. The molecule has 1 heterocycles. The maximum absolute atomic E-state index is 13.5. The van der Waals surface area contributed by atoms with E-state index in [0.717, 1.165) is 11.4 Å². The maximum atomic E-state index is 13.5. The second-order valence-corrected chi connectivity index (χ2v) is 4.10. The molecule has 0 saturated carbocycles. The third-order valence-electron chi connectivity index (χ3n) is 2.48. The van der Waals surface area contributed by atoms with Crippen LogP contribution in [-0.4, -0.2) is 12.0 Å². The van der Waals surface area contributed by atoms with Crippen molar-refractivity contribution in [1.29, 1.82) is 0 Å². The summed E-state index contributed by atoms with van der Waals surface area (Å²) in [6.07, 6.45) is 5.13. The normalized spacial score (nSPS) is 10.8. The average Bonchev–Trinajstić information content (AvgIpc) is 2.39. The van der Waals surface area contributed by atoms with Crippen molar-refractivity contribution < 1.29 is 4.39 Å². The van der Waals surface area contributed by atoms with Crippen LogP contribution < -0.4 is 5.32 Å². The quantitative estimate of drug-likeness (QED) is 0.901. The molecule has 2 nitrogen and oxygen atoms in total. The lowest BCUT2D eigenvalue weighted by atomic mass is 10.1. The molecule has 0 bridgehead atoms. The summed E-state index contributed by atoms with van der Waals surface area (Å²) in [7, 11) is 1.80. The molecule has 1 aromatic carbocycles. The van der Waals surface area contributed by atoms with Crippen LogP contribution >= 0.6 is 11.6 Å². The van der Waals surface area contributed by atoms with Crippen LogP contribution in [0, 0.1) is 5.82 Å². The zero-order valence-corrected chi connectivity index (χ0v) is 10.6. The van der Waals surface area contributed by atoms with Gasteiger partial charge < -0.3 is 5.32 Å². The van der Waals surface area contributed by atoms with Crippen molar-refractivity contribution in [2.75, 3.05) is 12.4 Å². The Balaban J connectivity index is 2.24. The molecule has 0 fully saturated rings. The van der Waals surface area contributed by atoms with Gasteiger partial charge in [-0.2, -0.15) is 0 Å². The van der Waals surface area contributed by atoms with Crippen LogP contribution in [0.15, 0.2) is 36.5 Å². The topological polar surface area (TPSA) is 24.9 Å². The van der Waals surface area contributed by atoms with Gasteiger partial charge in [0.1, 0.15) is 11.6 Å². The minimum absolute atomic E-state index is 0.335. The molecule has 92 valence electrons. The van der Waals surface area contributed by atoms with Gasteiger partial charge in [-0.15, -0.1) is 0 Å². The summed E-state index contributed by atoms with van der Waals surface area (Å²) in [5.41, 5.74) is 1.27. The predicted octanol–water partition coefficient (Wildman–Crippen LogP) is 4.09. The van der Waals surface area contributed by atoms with Crippen LogP contribution in [-0.2, 0) is 0 Å². The zero-order chi connectivity index (χ0) is 13.0. The highest BCUT2D eigenvalue weighted by molar-refractivity contribution is 6.32. The molecule has 18 heavy (non-hydrogen) atoms. The Labute approximate surface area is 110 Å². The number of aromatic nitrogens is 1. The predicted molar refractivity (Wildman–Crippen MR) is 74.1 cm³/mol. The monoisotopic (exact) mass is 262 g/mol. The van der Waals surface area contributed by atoms with Gasteiger partial charge in [0.2, 0.25) is 0 Å². The van der Waals surface area contributed by atoms with E-state index >= 15 is 0 Å². The highest BCUT2D eigenvalue weighted by atomic mass is 35.5. The first-order valence-corrected chi connectivity index (χ1v) is 5.84. The largest absolute Gasteiger partial charge is 0.373 e. The van der Waals surface area contributed by atoms with Gasteiger partial charge >= 0.3 is 0 Å². The third-order valence-corrected chi connectivity index (χ3v) is 2.81. The Morgan fingerprint density at radius 1 is 1.22 bits per heavy atom. The van der Waals surface area contributed by atoms with E-state index in [4.69, 9.17) is 11.6 Å². The summed E-state index contributed by atoms with van der Waals surface area (Å²) < 4.78 is 13.5. The number of nitrogens with zero attached hydrogens (tertiary/aromatic N) is 1. The molecule has 0 atom stereocenters. The molecule has 0 amide bonds. The summed E-state index contributed by atoms with van der Waals surface area (Å²) >= 11 is 5.93. The van der Waals surface area contributed by atoms with Crippen LogP contribution in [0.1, 0.15) is 11.1 Å². The van der Waals surface area contributed by atoms with Crippen molar-refractivity contribution in [3.05, 3.63) is 58.5 Å². The first-order valence-electron chi connectivity index (χ1n) is 5.46. The summed E-state index contributed by atoms with van der Waals surface area (Å²) in [5, 5.41) is 3.32. The highest BCUT2D eigenvalue weighted by Gasteiger charge is 2.02. The van der Waals surface area contributed by atoms with E-state index in [0.29, 0.717) is 10.6 Å². The first kappa shape index (κ1) is 12.6. The SMILES string of the molecule is CNc1ccc(/C=C/c2c(F)cccc2Cl)cn1. The van der Waals surface area contributed by atoms with Gasteiger partial charge in [-0.25, -0.2) is 9.37 Å². The summed E-state index contributed by atoms with van der Waals surface area (Å²) in [6, 6.07) is 8.37. The van der Waals surface area contributed by atoms with Crippen molar-refractivity contribution in [2.45, 2.75) is 0 Å². The number of benzene rings is 1. The van der Waals surface area contributed by atoms with Crippen molar-refractivity contribution in [3.63, 3.8) is 0 Å². The van der Waals surface area contributed by atoms with Crippen LogP contribution in [0.25, 0.3) is 12.2 Å². The lowest BCUT2D eigenvalue weighted by Crippen LogP contribution is -1.90. The molecule has 2 rings (SSSR count). The number of anilines is 1. The molecule has 0 aliphatic rings. The minimum Gasteiger partial charge on any atom is -0.373 e. The van der Waals surface area contributed by atoms with Gasteiger partial charge in [0.05, 0.1) is 5.02 Å². The van der Waals surface area contributed by atoms with E-state index in [1.54, 1.807) is 37.5 Å². The molecule has 0 spiro atoms. The maximum Gasteiger partial charge on any atom is 0.131 e. The standard InChI is InChI=1S/C14H12ClFN2/c1-17-14-8-6-10(9-18-14)5-7-11-12(15)3-2-4-13(11)16/h2-9H,1H3,(H,17,18)/b7-5+. The minimum atomic E-state index is -0.335. The Bertz CT molecular complexity index is 544. The van der Waals surface area contributed by atoms with Gasteiger partial charge in [-0.3, -0.25) is 0 Å². The number of pyridine rings is 1. The Kier molecular flexibility index (Phi) is 3.95. The van der Waals surface area contributed by atoms with Crippen LogP contribution in [0.5, 0.6) is 0 Å². The Morgan fingerprint density at radius 3 is 2.67 bits per heavy atom. The molecule has 0 radical (unpaired) electrons. The number of halogens is 2. The van der Waals surface area contributed by atoms with Gasteiger partial charge in [0.25, 0.3) is 0 Å². The van der Waals surface area contributed by atoms with E-state index in [9.17, 15) is 4.39 Å². The van der Waals surface area contributed by atoms with Gasteiger partial charge in [-0.05, 0) is 35.9 Å². The molecular weight excluding hydrogens is 251 g/mol. The van der Waals surface area contributed by atoms with Gasteiger partial charge in [0.15, 0.2) is 0 Å². The summed E-state index contributed by atoms with van der Waals surface area (Å²) in [5.74, 6) is 0.453. The molecule has 0 unspecified atom stereocenters. The molecule has 1 N–H and O–H groups in total. The Morgan fingerprint density at radius 2 is 2.06 bits per heavy atom. The second-order valence-electron chi connectivity index (χ2n) is 3.70. The highest BCUT2D eigenvalue weighted by Crippen LogP contribution is 2.21. The van der Waals surface area contributed by atoms with Gasteiger partial charge in [-0.1, -0.05) is 23.7 Å². The van der Waals surface area contributed by atoms with E-state index < -0.39 is 0 Å². The molecule has 0 aliphatic carbocycles. The van der Waals surface area contributed by atoms with E-state index in [1.165, 1.54) is 6.07 Å². The fourth-order valence-corrected chi connectivity index (χ4v) is 1.73. The van der Waals surface area contributed by atoms with E-state index in [1.807, 2.05) is 12.1 Å². The molecule has 0 saturated heterocycles. The van der Waals surface area contributed by atoms with Gasteiger partial charge in [0, 0.05) is 18.8 Å². The second kappa shape index (κ2) is 5.65. The molecule has 2 aromatic rings. The fraction of sp³-hybridized carbons (Fsp3) is 0.0714. The van der Waals surface area contributed by atoms with Crippen LogP contribution in [0.2, 0.25) is 5.02 Å². The average molecular weight is 263 g/mol. The Hall–Kier alpha value is -1.87. The van der Waals surface area contributed by atoms with E-state index in [2.05, 4.69) is 10.3 Å². The van der Waals surface area contributed by atoms with Crippen LogP contribution in [0.4, 0.5) is 10.2 Å². The number of hydrogen-bond acceptors (Lipinski definition) is 2. The molecule has 1 aromatic heterocycles. The fourth-order valence-electron chi connectivity index (χ4n) is 1.50. The lowest BCUT2D eigenvalue weighted by Gasteiger charge is -2.00. The summed E-state index contributed by atoms with van der Waals surface area (Å²) in [4.78, 5) is 4.17. The van der Waals surface area contributed by atoms with Crippen molar-refractivity contribution in [1.82, 2.24) is 4.98 Å².